The molecule has 1 aromatic carbocycles. The van der Waals surface area contributed by atoms with E-state index in [2.05, 4.69) is 29.8 Å². The van der Waals surface area contributed by atoms with Crippen molar-refractivity contribution >= 4 is 21.8 Å². The number of nitrogens with zero attached hydrogens (tertiary/aromatic N) is 3. The summed E-state index contributed by atoms with van der Waals surface area (Å²) < 4.78 is 32.5. The topological polar surface area (TPSA) is 102 Å². The Morgan fingerprint density at radius 3 is 2.63 bits per heavy atom. The van der Waals surface area contributed by atoms with Gasteiger partial charge in [0.2, 0.25) is 21.8 Å². The molecule has 1 saturated carbocycles. The molecule has 1 aliphatic rings. The second-order valence-corrected chi connectivity index (χ2v) is 11.4. The van der Waals surface area contributed by atoms with Crippen molar-refractivity contribution in [2.24, 2.45) is 17.6 Å². The highest BCUT2D eigenvalue weighted by atomic mass is 32.2. The first-order chi connectivity index (χ1) is 16.5. The summed E-state index contributed by atoms with van der Waals surface area (Å²) in [6, 6.07) is 5.60. The lowest BCUT2D eigenvalue weighted by molar-refractivity contribution is 0.360. The van der Waals surface area contributed by atoms with Crippen LogP contribution in [0, 0.1) is 11.8 Å². The number of aromatic nitrogens is 2. The van der Waals surface area contributed by atoms with Crippen molar-refractivity contribution in [2.45, 2.75) is 45.6 Å². The second kappa shape index (κ2) is 11.2. The van der Waals surface area contributed by atoms with Gasteiger partial charge in [-0.2, -0.15) is 0 Å². The lowest BCUT2D eigenvalue weighted by Gasteiger charge is -2.22. The van der Waals surface area contributed by atoms with E-state index >= 15 is 0 Å². The third-order valence-corrected chi connectivity index (χ3v) is 7.15. The molecule has 8 heteroatoms. The maximum atomic E-state index is 12.5. The van der Waals surface area contributed by atoms with E-state index in [4.69, 9.17) is 10.2 Å². The second-order valence-electron chi connectivity index (χ2n) is 9.47. The van der Waals surface area contributed by atoms with E-state index < -0.39 is 15.6 Å². The molecule has 1 aliphatic carbocycles. The Kier molecular flexibility index (Phi) is 8.51. The Hall–Kier alpha value is -2.97. The molecule has 0 bridgehead atoms. The van der Waals surface area contributed by atoms with E-state index in [1.165, 1.54) is 17.0 Å². The van der Waals surface area contributed by atoms with Crippen molar-refractivity contribution in [2.75, 3.05) is 17.1 Å². The summed E-state index contributed by atoms with van der Waals surface area (Å²) in [7, 11) is -3.46. The first kappa shape index (κ1) is 26.6. The molecule has 2 unspecified atom stereocenters. The Bertz CT molecular complexity index is 1220. The van der Waals surface area contributed by atoms with Gasteiger partial charge >= 0.3 is 0 Å². The summed E-state index contributed by atoms with van der Waals surface area (Å²) in [4.78, 5) is 0. The van der Waals surface area contributed by atoms with Crippen LogP contribution in [0.3, 0.4) is 0 Å². The van der Waals surface area contributed by atoms with Crippen molar-refractivity contribution in [3.8, 4) is 11.5 Å². The number of nitrogens with two attached hydrogens (primary N) is 1. The fourth-order valence-corrected chi connectivity index (χ4v) is 4.74. The first-order valence-electron chi connectivity index (χ1n) is 11.9. The van der Waals surface area contributed by atoms with Crippen LogP contribution in [0.1, 0.15) is 51.5 Å². The van der Waals surface area contributed by atoms with Crippen LogP contribution in [0.4, 0.5) is 5.69 Å². The summed E-state index contributed by atoms with van der Waals surface area (Å²) in [6.45, 7) is 10.0. The number of allylic oxidation sites excluding steroid dienone is 5. The molecule has 2 N–H and O–H groups in total. The zero-order valence-electron chi connectivity index (χ0n) is 21.0. The minimum absolute atomic E-state index is 0.299. The molecule has 0 amide bonds. The van der Waals surface area contributed by atoms with Gasteiger partial charge in [0.1, 0.15) is 0 Å². The third kappa shape index (κ3) is 7.26. The molecule has 188 valence electrons. The van der Waals surface area contributed by atoms with Gasteiger partial charge in [0.15, 0.2) is 0 Å². The van der Waals surface area contributed by atoms with Gasteiger partial charge in [0, 0.05) is 12.1 Å². The van der Waals surface area contributed by atoms with Gasteiger partial charge in [-0.1, -0.05) is 63.0 Å². The lowest BCUT2D eigenvalue weighted by Crippen LogP contribution is -2.32. The summed E-state index contributed by atoms with van der Waals surface area (Å²) >= 11 is 0. The zero-order valence-corrected chi connectivity index (χ0v) is 21.8. The van der Waals surface area contributed by atoms with E-state index in [0.29, 0.717) is 54.3 Å². The predicted molar refractivity (Wildman–Crippen MR) is 143 cm³/mol. The van der Waals surface area contributed by atoms with Crippen LogP contribution in [0.5, 0.6) is 0 Å². The Balaban J connectivity index is 1.96. The zero-order chi connectivity index (χ0) is 25.6. The predicted octanol–water partition coefficient (Wildman–Crippen LogP) is 5.44. The third-order valence-electron chi connectivity index (χ3n) is 5.96. The highest BCUT2D eigenvalue weighted by Gasteiger charge is 2.30. The van der Waals surface area contributed by atoms with Crippen LogP contribution in [0.25, 0.3) is 17.5 Å². The van der Waals surface area contributed by atoms with E-state index in [9.17, 15) is 8.42 Å². The van der Waals surface area contributed by atoms with Crippen LogP contribution in [-0.2, 0) is 15.6 Å². The number of hydrogen-bond donors (Lipinski definition) is 1. The van der Waals surface area contributed by atoms with Crippen LogP contribution in [0.15, 0.2) is 65.7 Å². The van der Waals surface area contributed by atoms with Crippen molar-refractivity contribution in [1.29, 1.82) is 0 Å². The molecule has 35 heavy (non-hydrogen) atoms. The van der Waals surface area contributed by atoms with Gasteiger partial charge in [-0.25, -0.2) is 8.42 Å². The fourth-order valence-electron chi connectivity index (χ4n) is 3.73. The normalized spacial score (nSPS) is 20.0. The molecule has 0 spiro atoms. The average molecular weight is 497 g/mol. The molecular formula is C27H36N4O3S. The fraction of sp³-hybridized carbons (Fsp3) is 0.407. The van der Waals surface area contributed by atoms with Crippen LogP contribution < -0.4 is 10.0 Å². The molecule has 2 aromatic rings. The number of benzene rings is 1. The minimum atomic E-state index is -3.46. The van der Waals surface area contributed by atoms with Crippen molar-refractivity contribution in [1.82, 2.24) is 10.2 Å². The quantitative estimate of drug-likeness (QED) is 0.392. The number of anilines is 1. The van der Waals surface area contributed by atoms with E-state index in [1.807, 2.05) is 56.4 Å². The molecule has 1 fully saturated rings. The van der Waals surface area contributed by atoms with E-state index in [1.54, 1.807) is 12.1 Å². The Morgan fingerprint density at radius 2 is 2.00 bits per heavy atom. The average Bonchev–Trinajstić information content (AvgIpc) is 3.27. The highest BCUT2D eigenvalue weighted by molar-refractivity contribution is 7.92. The van der Waals surface area contributed by atoms with Crippen LogP contribution in [0.2, 0.25) is 0 Å². The van der Waals surface area contributed by atoms with Crippen molar-refractivity contribution in [3.05, 3.63) is 72.7 Å². The number of sulfonamides is 1. The molecule has 3 atom stereocenters. The standard InChI is InChI=1S/C27H36N4O3S/c1-6-8-9-10-11-14-27(4,28)26-30-29-25(34-26)23-17-21(12-13-22-16-20(22)3)18-24(19-23)31(15-7-2)35(5,32)33/h6,8-13,17-20,22H,1,7,14-16,28H2,2-5H3/b9-8-,11-10+,13-12-/t20?,22?,27-/m1/s1. The SMILES string of the molecule is C=C/C=C\C=C\C[C@@](C)(N)c1nnc(-c2cc(/C=C\C3CC3C)cc(N(CCC)S(C)(=O)=O)c2)o1. The molecule has 0 saturated heterocycles. The molecule has 0 radical (unpaired) electrons. The van der Waals surface area contributed by atoms with Gasteiger partial charge in [-0.3, -0.25) is 4.31 Å². The summed E-state index contributed by atoms with van der Waals surface area (Å²) in [6.07, 6.45) is 17.0. The van der Waals surface area contributed by atoms with Crippen molar-refractivity contribution in [3.63, 3.8) is 0 Å². The smallest absolute Gasteiger partial charge is 0.247 e. The van der Waals surface area contributed by atoms with Crippen molar-refractivity contribution < 1.29 is 12.8 Å². The number of rotatable bonds is 12. The Labute approximate surface area is 209 Å². The summed E-state index contributed by atoms with van der Waals surface area (Å²) in [5, 5.41) is 8.44. The van der Waals surface area contributed by atoms with Crippen LogP contribution >= 0.6 is 0 Å². The molecule has 1 aromatic heterocycles. The van der Waals surface area contributed by atoms with Gasteiger partial charge in [0.05, 0.1) is 17.5 Å². The largest absolute Gasteiger partial charge is 0.419 e. The van der Waals surface area contributed by atoms with E-state index in [-0.39, 0.29) is 0 Å². The minimum Gasteiger partial charge on any atom is -0.419 e. The monoisotopic (exact) mass is 496 g/mol. The summed E-state index contributed by atoms with van der Waals surface area (Å²) in [5.41, 5.74) is 7.71. The van der Waals surface area contributed by atoms with Gasteiger partial charge in [0.25, 0.3) is 0 Å². The number of hydrogen-bond acceptors (Lipinski definition) is 6. The van der Waals surface area contributed by atoms with Crippen LogP contribution in [-0.4, -0.2) is 31.4 Å². The maximum absolute atomic E-state index is 12.5. The molecule has 3 rings (SSSR count). The molecule has 1 heterocycles. The molecule has 7 nitrogen and oxygen atoms in total. The maximum Gasteiger partial charge on any atom is 0.247 e. The molecular weight excluding hydrogens is 460 g/mol. The molecule has 0 aliphatic heterocycles. The van der Waals surface area contributed by atoms with Gasteiger partial charge < -0.3 is 10.2 Å². The summed E-state index contributed by atoms with van der Waals surface area (Å²) in [5.74, 6) is 1.86. The van der Waals surface area contributed by atoms with Gasteiger partial charge in [-0.05, 0) is 61.8 Å². The Morgan fingerprint density at radius 1 is 1.26 bits per heavy atom. The van der Waals surface area contributed by atoms with E-state index in [0.717, 1.165) is 5.56 Å². The lowest BCUT2D eigenvalue weighted by atomic mass is 9.99. The highest BCUT2D eigenvalue weighted by Crippen LogP contribution is 2.39. The van der Waals surface area contributed by atoms with Gasteiger partial charge in [-0.15, -0.1) is 10.2 Å². The first-order valence-corrected chi connectivity index (χ1v) is 13.8.